The number of amides is 2. The molecule has 1 N–H and O–H groups in total. The van der Waals surface area contributed by atoms with Crippen LogP contribution in [0.25, 0.3) is 11.6 Å². The topological polar surface area (TPSA) is 125 Å². The van der Waals surface area contributed by atoms with E-state index in [0.29, 0.717) is 50.9 Å². The third-order valence-electron chi connectivity index (χ3n) is 5.80. The Morgan fingerprint density at radius 1 is 1.36 bits per heavy atom. The summed E-state index contributed by atoms with van der Waals surface area (Å²) in [5.41, 5.74) is 0. The number of tetrazole rings is 1. The van der Waals surface area contributed by atoms with Gasteiger partial charge in [-0.2, -0.15) is 4.80 Å². The van der Waals surface area contributed by atoms with Crippen molar-refractivity contribution in [2.24, 2.45) is 0 Å². The van der Waals surface area contributed by atoms with Gasteiger partial charge < -0.3 is 24.1 Å². The van der Waals surface area contributed by atoms with Crippen molar-refractivity contribution in [2.75, 3.05) is 32.9 Å². The van der Waals surface area contributed by atoms with Crippen LogP contribution in [-0.4, -0.2) is 75.9 Å². The zero-order valence-corrected chi connectivity index (χ0v) is 21.4. The standard InChI is InChI=1S/C24H32N6O5S/c1-3-33-12-6-11-29(21(31)16-30-27-23(26-28-30)19-10-9-17(2)35-19)22(20-8-5-14-36-20)24(32)25-15-18-7-4-13-34-18/h5,8-10,14,18,22H,3-4,6-7,11-13,15-16H2,1-2H3,(H,25,32)/t18-,22+/m0/s1. The fourth-order valence-corrected chi connectivity index (χ4v) is 4.88. The molecule has 3 aromatic rings. The molecule has 2 amide bonds. The molecule has 0 spiro atoms. The first kappa shape index (κ1) is 26.0. The Labute approximate surface area is 213 Å². The van der Waals surface area contributed by atoms with Crippen LogP contribution in [0.15, 0.2) is 34.1 Å². The fraction of sp³-hybridized carbons (Fsp3) is 0.542. The molecule has 1 aliphatic heterocycles. The largest absolute Gasteiger partial charge is 0.458 e. The van der Waals surface area contributed by atoms with Crippen LogP contribution in [0.5, 0.6) is 0 Å². The quantitative estimate of drug-likeness (QED) is 0.344. The number of thiophene rings is 1. The zero-order chi connectivity index (χ0) is 25.3. The van der Waals surface area contributed by atoms with E-state index in [-0.39, 0.29) is 24.5 Å². The lowest BCUT2D eigenvalue weighted by molar-refractivity contribution is -0.142. The normalized spacial score (nSPS) is 16.2. The highest BCUT2D eigenvalue weighted by Gasteiger charge is 2.33. The summed E-state index contributed by atoms with van der Waals surface area (Å²) in [5.74, 6) is 0.964. The maximum absolute atomic E-state index is 13.6. The molecular formula is C24H32N6O5S. The highest BCUT2D eigenvalue weighted by Crippen LogP contribution is 2.27. The van der Waals surface area contributed by atoms with Gasteiger partial charge in [-0.05, 0) is 61.9 Å². The molecule has 1 saturated heterocycles. The molecular weight excluding hydrogens is 484 g/mol. The number of hydrogen-bond donors (Lipinski definition) is 1. The molecule has 12 heteroatoms. The second-order valence-corrected chi connectivity index (χ2v) is 9.47. The number of carbonyl (C=O) groups excluding carboxylic acids is 2. The number of nitrogens with zero attached hydrogens (tertiary/aromatic N) is 5. The maximum atomic E-state index is 13.6. The van der Waals surface area contributed by atoms with Crippen molar-refractivity contribution >= 4 is 23.2 Å². The summed E-state index contributed by atoms with van der Waals surface area (Å²) in [6, 6.07) is 6.52. The van der Waals surface area contributed by atoms with Crippen LogP contribution in [0.3, 0.4) is 0 Å². The molecule has 0 radical (unpaired) electrons. The molecule has 0 aromatic carbocycles. The predicted octanol–water partition coefficient (Wildman–Crippen LogP) is 2.59. The van der Waals surface area contributed by atoms with Gasteiger partial charge in [-0.3, -0.25) is 9.59 Å². The van der Waals surface area contributed by atoms with Gasteiger partial charge in [0.2, 0.25) is 17.6 Å². The maximum Gasteiger partial charge on any atom is 0.248 e. The highest BCUT2D eigenvalue weighted by molar-refractivity contribution is 7.10. The van der Waals surface area contributed by atoms with Crippen LogP contribution >= 0.6 is 11.3 Å². The molecule has 1 aliphatic rings. The van der Waals surface area contributed by atoms with Crippen LogP contribution < -0.4 is 5.32 Å². The summed E-state index contributed by atoms with van der Waals surface area (Å²) < 4.78 is 16.7. The van der Waals surface area contributed by atoms with Gasteiger partial charge in [0.1, 0.15) is 18.3 Å². The lowest BCUT2D eigenvalue weighted by Gasteiger charge is -2.30. The first-order chi connectivity index (χ1) is 17.5. The smallest absolute Gasteiger partial charge is 0.248 e. The van der Waals surface area contributed by atoms with Crippen LogP contribution in [0.1, 0.15) is 42.9 Å². The van der Waals surface area contributed by atoms with Crippen molar-refractivity contribution in [3.8, 4) is 11.6 Å². The Balaban J connectivity index is 1.51. The highest BCUT2D eigenvalue weighted by atomic mass is 32.1. The number of hydrogen-bond acceptors (Lipinski definition) is 9. The van der Waals surface area contributed by atoms with E-state index in [1.54, 1.807) is 11.0 Å². The van der Waals surface area contributed by atoms with E-state index in [9.17, 15) is 9.59 Å². The zero-order valence-electron chi connectivity index (χ0n) is 20.6. The Hall–Kier alpha value is -3.09. The molecule has 36 heavy (non-hydrogen) atoms. The van der Waals surface area contributed by atoms with Gasteiger partial charge in [-0.25, -0.2) is 0 Å². The fourth-order valence-electron chi connectivity index (χ4n) is 4.04. The third kappa shape index (κ3) is 6.77. The molecule has 11 nitrogen and oxygen atoms in total. The molecule has 1 fully saturated rings. The van der Waals surface area contributed by atoms with E-state index in [2.05, 4.69) is 20.7 Å². The molecule has 194 valence electrons. The average Bonchev–Trinajstić information content (AvgIpc) is 3.67. The van der Waals surface area contributed by atoms with Crippen LogP contribution in [0.4, 0.5) is 0 Å². The molecule has 4 rings (SSSR count). The Morgan fingerprint density at radius 3 is 2.94 bits per heavy atom. The third-order valence-corrected chi connectivity index (χ3v) is 6.73. The summed E-state index contributed by atoms with van der Waals surface area (Å²) in [5, 5.41) is 17.2. The van der Waals surface area contributed by atoms with Crippen molar-refractivity contribution in [3.05, 3.63) is 40.3 Å². The van der Waals surface area contributed by atoms with E-state index in [1.807, 2.05) is 37.4 Å². The molecule has 2 atom stereocenters. The number of carbonyl (C=O) groups is 2. The van der Waals surface area contributed by atoms with E-state index in [1.165, 1.54) is 16.1 Å². The van der Waals surface area contributed by atoms with Gasteiger partial charge >= 0.3 is 0 Å². The number of aromatic nitrogens is 4. The summed E-state index contributed by atoms with van der Waals surface area (Å²) >= 11 is 1.44. The second kappa shape index (κ2) is 12.7. The van der Waals surface area contributed by atoms with E-state index >= 15 is 0 Å². The Bertz CT molecular complexity index is 1110. The number of ether oxygens (including phenoxy) is 2. The van der Waals surface area contributed by atoms with E-state index in [4.69, 9.17) is 13.9 Å². The number of aryl methyl sites for hydroxylation is 1. The van der Waals surface area contributed by atoms with Crippen molar-refractivity contribution in [3.63, 3.8) is 0 Å². The van der Waals surface area contributed by atoms with Gasteiger partial charge in [-0.1, -0.05) is 6.07 Å². The molecule has 0 saturated carbocycles. The summed E-state index contributed by atoms with van der Waals surface area (Å²) in [4.78, 5) is 30.6. The van der Waals surface area contributed by atoms with Crippen molar-refractivity contribution in [1.82, 2.24) is 30.4 Å². The Kier molecular flexibility index (Phi) is 9.20. The second-order valence-electron chi connectivity index (χ2n) is 8.49. The summed E-state index contributed by atoms with van der Waals surface area (Å²) in [6.45, 7) is 6.12. The molecule has 4 heterocycles. The average molecular weight is 517 g/mol. The van der Waals surface area contributed by atoms with Crippen molar-refractivity contribution in [2.45, 2.75) is 51.8 Å². The minimum Gasteiger partial charge on any atom is -0.458 e. The minimum absolute atomic E-state index is 0.00282. The molecule has 0 aliphatic carbocycles. The van der Waals surface area contributed by atoms with Crippen LogP contribution in [0, 0.1) is 6.92 Å². The number of furan rings is 1. The lowest BCUT2D eigenvalue weighted by atomic mass is 10.1. The van der Waals surface area contributed by atoms with Crippen LogP contribution in [-0.2, 0) is 25.6 Å². The van der Waals surface area contributed by atoms with E-state index < -0.39 is 6.04 Å². The van der Waals surface area contributed by atoms with Gasteiger partial charge in [0, 0.05) is 37.8 Å². The summed E-state index contributed by atoms with van der Waals surface area (Å²) in [7, 11) is 0. The summed E-state index contributed by atoms with van der Waals surface area (Å²) in [6.07, 6.45) is 2.49. The molecule has 3 aromatic heterocycles. The first-order valence-corrected chi connectivity index (χ1v) is 13.1. The van der Waals surface area contributed by atoms with Gasteiger partial charge in [0.15, 0.2) is 5.76 Å². The molecule has 0 bridgehead atoms. The SMILES string of the molecule is CCOCCCN(C(=O)Cn1nnc(-c2ccc(C)o2)n1)[C@@H](C(=O)NC[C@@H]1CCCO1)c1cccs1. The minimum atomic E-state index is -0.781. The van der Waals surface area contributed by atoms with Gasteiger partial charge in [0.05, 0.1) is 6.10 Å². The van der Waals surface area contributed by atoms with Gasteiger partial charge in [-0.15, -0.1) is 21.5 Å². The van der Waals surface area contributed by atoms with Crippen molar-refractivity contribution < 1.29 is 23.5 Å². The number of rotatable bonds is 13. The van der Waals surface area contributed by atoms with Gasteiger partial charge in [0.25, 0.3) is 0 Å². The van der Waals surface area contributed by atoms with E-state index in [0.717, 1.165) is 23.5 Å². The predicted molar refractivity (Wildman–Crippen MR) is 132 cm³/mol. The monoisotopic (exact) mass is 516 g/mol. The van der Waals surface area contributed by atoms with Crippen LogP contribution in [0.2, 0.25) is 0 Å². The number of nitrogens with one attached hydrogen (secondary N) is 1. The first-order valence-electron chi connectivity index (χ1n) is 12.2. The Morgan fingerprint density at radius 2 is 2.25 bits per heavy atom. The molecule has 0 unspecified atom stereocenters. The van der Waals surface area contributed by atoms with Crippen molar-refractivity contribution in [1.29, 1.82) is 0 Å². The lowest BCUT2D eigenvalue weighted by Crippen LogP contribution is -2.46.